The first-order valence-electron chi connectivity index (χ1n) is 7.84. The van der Waals surface area contributed by atoms with Crippen molar-refractivity contribution in [2.45, 2.75) is 15.3 Å². The smallest absolute Gasteiger partial charge is 0.207 e. The molecule has 0 spiro atoms. The van der Waals surface area contributed by atoms with Gasteiger partial charge < -0.3 is 0 Å². The average Bonchev–Trinajstić information content (AvgIpc) is 3.16. The van der Waals surface area contributed by atoms with Crippen LogP contribution in [0, 0.1) is 0 Å². The second kappa shape index (κ2) is 7.58. The molecule has 0 saturated carbocycles. The summed E-state index contributed by atoms with van der Waals surface area (Å²) < 4.78 is 92.5. The first-order chi connectivity index (χ1) is 12.9. The van der Waals surface area contributed by atoms with Gasteiger partial charge in [-0.05, 0) is 29.6 Å². The Kier molecular flexibility index (Phi) is 5.82. The Morgan fingerprint density at radius 2 is 1.50 bits per heavy atom. The fourth-order valence-electron chi connectivity index (χ4n) is 2.78. The third kappa shape index (κ3) is 4.07. The third-order valence-electron chi connectivity index (χ3n) is 4.15. The highest BCUT2D eigenvalue weighted by Gasteiger charge is 2.41. The van der Waals surface area contributed by atoms with Crippen molar-refractivity contribution >= 4 is 43.0 Å². The molecule has 0 aliphatic carbocycles. The van der Waals surface area contributed by atoms with E-state index in [0.717, 1.165) is 32.1 Å². The second-order valence-corrected chi connectivity index (χ2v) is 11.3. The molecule has 1 aromatic carbocycles. The van der Waals surface area contributed by atoms with Gasteiger partial charge in [-0.2, -0.15) is 21.8 Å². The molecule has 28 heavy (non-hydrogen) atoms. The van der Waals surface area contributed by atoms with E-state index in [1.165, 1.54) is 6.07 Å². The number of hydrogen-bond acceptors (Lipinski definition) is 5. The molecule has 0 atom stereocenters. The molecule has 1 saturated heterocycles. The highest BCUT2D eigenvalue weighted by molar-refractivity contribution is 7.91. The van der Waals surface area contributed by atoms with Crippen LogP contribution in [0.4, 0.5) is 13.2 Å². The van der Waals surface area contributed by atoms with Crippen LogP contribution in [0.15, 0.2) is 44.8 Å². The van der Waals surface area contributed by atoms with E-state index in [9.17, 15) is 30.0 Å². The highest BCUT2D eigenvalue weighted by Crippen LogP contribution is 2.37. The van der Waals surface area contributed by atoms with Gasteiger partial charge in [-0.25, -0.2) is 16.8 Å². The van der Waals surface area contributed by atoms with Gasteiger partial charge in [0.05, 0.1) is 10.5 Å². The standard InChI is InChI=1S/C15H14ClF3N2O4S3/c16-11-3-4-13(12(10-11)15(17,18)19)27(22,23)20-5-7-21(8-6-20)28(24,25)14-2-1-9-26-14/h1-4,9-10H,5-8H2. The molecule has 0 unspecified atom stereocenters. The molecule has 154 valence electrons. The largest absolute Gasteiger partial charge is 0.417 e. The Morgan fingerprint density at radius 3 is 2.00 bits per heavy atom. The first kappa shape index (κ1) is 21.5. The summed E-state index contributed by atoms with van der Waals surface area (Å²) in [5.74, 6) is 0. The highest BCUT2D eigenvalue weighted by atomic mass is 35.5. The number of thiophene rings is 1. The minimum absolute atomic E-state index is 0.126. The van der Waals surface area contributed by atoms with E-state index in [4.69, 9.17) is 11.6 Å². The van der Waals surface area contributed by atoms with E-state index in [1.807, 2.05) is 0 Å². The number of piperazine rings is 1. The van der Waals surface area contributed by atoms with Gasteiger partial charge in [-0.15, -0.1) is 11.3 Å². The van der Waals surface area contributed by atoms with Crippen LogP contribution in [0.5, 0.6) is 0 Å². The number of benzene rings is 1. The zero-order chi connectivity index (χ0) is 20.7. The summed E-state index contributed by atoms with van der Waals surface area (Å²) in [7, 11) is -8.24. The van der Waals surface area contributed by atoms with Crippen LogP contribution >= 0.6 is 22.9 Å². The zero-order valence-corrected chi connectivity index (χ0v) is 17.3. The van der Waals surface area contributed by atoms with E-state index in [-0.39, 0.29) is 35.4 Å². The normalized spacial score (nSPS) is 17.7. The lowest BCUT2D eigenvalue weighted by Gasteiger charge is -2.33. The van der Waals surface area contributed by atoms with Gasteiger partial charge in [-0.1, -0.05) is 17.7 Å². The Morgan fingerprint density at radius 1 is 0.929 bits per heavy atom. The lowest BCUT2D eigenvalue weighted by molar-refractivity contribution is -0.139. The van der Waals surface area contributed by atoms with E-state index in [2.05, 4.69) is 0 Å². The van der Waals surface area contributed by atoms with E-state index >= 15 is 0 Å². The Bertz CT molecular complexity index is 1060. The maximum Gasteiger partial charge on any atom is 0.417 e. The van der Waals surface area contributed by atoms with Crippen molar-refractivity contribution in [1.82, 2.24) is 8.61 Å². The van der Waals surface area contributed by atoms with Crippen molar-refractivity contribution < 1.29 is 30.0 Å². The van der Waals surface area contributed by atoms with E-state index < -0.39 is 36.7 Å². The maximum atomic E-state index is 13.3. The van der Waals surface area contributed by atoms with Crippen molar-refractivity contribution in [3.63, 3.8) is 0 Å². The Balaban J connectivity index is 1.85. The van der Waals surface area contributed by atoms with Crippen molar-refractivity contribution in [3.8, 4) is 0 Å². The molecule has 2 aromatic rings. The quantitative estimate of drug-likeness (QED) is 0.682. The number of sulfonamides is 2. The van der Waals surface area contributed by atoms with Gasteiger partial charge in [0.15, 0.2) is 0 Å². The molecule has 1 aliphatic rings. The first-order valence-corrected chi connectivity index (χ1v) is 12.0. The molecule has 3 rings (SSSR count). The molecule has 6 nitrogen and oxygen atoms in total. The SMILES string of the molecule is O=S(=O)(c1cccs1)N1CCN(S(=O)(=O)c2ccc(Cl)cc2C(F)(F)F)CC1. The van der Waals surface area contributed by atoms with Gasteiger partial charge in [0.25, 0.3) is 10.0 Å². The van der Waals surface area contributed by atoms with Crippen molar-refractivity contribution in [1.29, 1.82) is 0 Å². The molecule has 0 amide bonds. The van der Waals surface area contributed by atoms with Crippen LogP contribution in [0.1, 0.15) is 5.56 Å². The molecule has 0 N–H and O–H groups in total. The van der Waals surface area contributed by atoms with Crippen molar-refractivity contribution in [2.75, 3.05) is 26.2 Å². The molecule has 2 heterocycles. The number of nitrogens with zero attached hydrogens (tertiary/aromatic N) is 2. The predicted octanol–water partition coefficient (Wildman–Crippen LogP) is 3.12. The fraction of sp³-hybridized carbons (Fsp3) is 0.333. The van der Waals surface area contributed by atoms with Crippen LogP contribution in [0.3, 0.4) is 0 Å². The Hall–Kier alpha value is -1.18. The third-order valence-corrected chi connectivity index (χ3v) is 9.62. The zero-order valence-electron chi connectivity index (χ0n) is 14.1. The van der Waals surface area contributed by atoms with Crippen molar-refractivity contribution in [2.24, 2.45) is 0 Å². The minimum Gasteiger partial charge on any atom is -0.207 e. The lowest BCUT2D eigenvalue weighted by atomic mass is 10.2. The molecular weight excluding hydrogens is 461 g/mol. The monoisotopic (exact) mass is 474 g/mol. The predicted molar refractivity (Wildman–Crippen MR) is 98.3 cm³/mol. The summed E-state index contributed by atoms with van der Waals surface area (Å²) in [6.07, 6.45) is -4.91. The molecule has 13 heteroatoms. The average molecular weight is 475 g/mol. The molecule has 1 fully saturated rings. The van der Waals surface area contributed by atoms with Crippen LogP contribution < -0.4 is 0 Å². The summed E-state index contributed by atoms with van der Waals surface area (Å²) >= 11 is 6.63. The number of hydrogen-bond donors (Lipinski definition) is 0. The fourth-order valence-corrected chi connectivity index (χ4v) is 7.13. The van der Waals surface area contributed by atoms with Gasteiger partial charge >= 0.3 is 6.18 Å². The topological polar surface area (TPSA) is 74.8 Å². The number of rotatable bonds is 4. The summed E-state index contributed by atoms with van der Waals surface area (Å²) in [6, 6.07) is 5.46. The molecule has 0 bridgehead atoms. The molecule has 1 aromatic heterocycles. The van der Waals surface area contributed by atoms with Crippen molar-refractivity contribution in [3.05, 3.63) is 46.3 Å². The Labute approximate surface area is 169 Å². The minimum atomic E-state index is -4.91. The summed E-state index contributed by atoms with van der Waals surface area (Å²) in [4.78, 5) is -0.904. The lowest BCUT2D eigenvalue weighted by Crippen LogP contribution is -2.50. The van der Waals surface area contributed by atoms with Gasteiger partial charge in [0, 0.05) is 31.2 Å². The van der Waals surface area contributed by atoms with Crippen LogP contribution in [0.25, 0.3) is 0 Å². The van der Waals surface area contributed by atoms with E-state index in [0.29, 0.717) is 6.07 Å². The van der Waals surface area contributed by atoms with Gasteiger partial charge in [0.1, 0.15) is 4.21 Å². The van der Waals surface area contributed by atoms with Crippen LogP contribution in [0.2, 0.25) is 5.02 Å². The number of halogens is 4. The van der Waals surface area contributed by atoms with E-state index in [1.54, 1.807) is 11.4 Å². The second-order valence-electron chi connectivity index (χ2n) is 5.88. The summed E-state index contributed by atoms with van der Waals surface area (Å²) in [5, 5.41) is 1.37. The number of alkyl halides is 3. The summed E-state index contributed by atoms with van der Waals surface area (Å²) in [5.41, 5.74) is -1.35. The van der Waals surface area contributed by atoms with Gasteiger partial charge in [0.2, 0.25) is 10.0 Å². The summed E-state index contributed by atoms with van der Waals surface area (Å²) in [6.45, 7) is -0.831. The maximum absolute atomic E-state index is 13.3. The molecule has 1 aliphatic heterocycles. The van der Waals surface area contributed by atoms with Crippen LogP contribution in [-0.4, -0.2) is 51.6 Å². The molecular formula is C15H14ClF3N2O4S3. The molecule has 0 radical (unpaired) electrons. The van der Waals surface area contributed by atoms with Crippen LogP contribution in [-0.2, 0) is 26.2 Å². The van der Waals surface area contributed by atoms with Gasteiger partial charge in [-0.3, -0.25) is 0 Å².